The zero-order chi connectivity index (χ0) is 16.8. The maximum atomic E-state index is 12.9. The highest BCUT2D eigenvalue weighted by atomic mass is 19.4. The van der Waals surface area contributed by atoms with E-state index in [1.807, 2.05) is 0 Å². The molecule has 0 bridgehead atoms. The van der Waals surface area contributed by atoms with Gasteiger partial charge in [0.1, 0.15) is 0 Å². The number of esters is 1. The van der Waals surface area contributed by atoms with Crippen LogP contribution in [0.25, 0.3) is 0 Å². The topological polar surface area (TPSA) is 65.0 Å². The molecule has 0 atom stereocenters. The van der Waals surface area contributed by atoms with Crippen LogP contribution in [0.15, 0.2) is 47.6 Å². The first kappa shape index (κ1) is 17.4. The summed E-state index contributed by atoms with van der Waals surface area (Å²) >= 11 is 0. The first-order chi connectivity index (χ1) is 10.2. The van der Waals surface area contributed by atoms with Gasteiger partial charge >= 0.3 is 18.1 Å². The highest BCUT2D eigenvalue weighted by Gasteiger charge is 2.38. The van der Waals surface area contributed by atoms with Gasteiger partial charge in [-0.05, 0) is 6.92 Å². The Hall–Kier alpha value is -2.64. The van der Waals surface area contributed by atoms with Crippen molar-refractivity contribution in [2.24, 2.45) is 5.16 Å². The lowest BCUT2D eigenvalue weighted by Crippen LogP contribution is -2.25. The SMILES string of the molecule is C=C(C)C(=O)OCC(=O)ON=C(c1ccccc1)C(F)(F)F. The number of carbonyl (C=O) groups is 2. The molecule has 0 radical (unpaired) electrons. The van der Waals surface area contributed by atoms with E-state index in [2.05, 4.69) is 21.3 Å². The molecule has 0 saturated carbocycles. The Labute approximate surface area is 124 Å². The summed E-state index contributed by atoms with van der Waals surface area (Å²) in [6.45, 7) is 3.76. The van der Waals surface area contributed by atoms with E-state index in [-0.39, 0.29) is 11.1 Å². The molecule has 0 heterocycles. The number of benzene rings is 1. The summed E-state index contributed by atoms with van der Waals surface area (Å²) in [6, 6.07) is 6.63. The standard InChI is InChI=1S/C14H12F3NO4/c1-9(2)13(20)21-8-11(19)22-18-12(14(15,16)17)10-6-4-3-5-7-10/h3-7H,1,8H2,2H3. The summed E-state index contributed by atoms with van der Waals surface area (Å²) in [5.74, 6) is -2.10. The van der Waals surface area contributed by atoms with Gasteiger partial charge in [-0.1, -0.05) is 42.1 Å². The Kier molecular flexibility index (Phi) is 5.85. The van der Waals surface area contributed by atoms with Gasteiger partial charge in [-0.15, -0.1) is 0 Å². The number of rotatable bonds is 5. The van der Waals surface area contributed by atoms with Gasteiger partial charge in [0, 0.05) is 11.1 Å². The van der Waals surface area contributed by atoms with Crippen LogP contribution >= 0.6 is 0 Å². The summed E-state index contributed by atoms with van der Waals surface area (Å²) in [4.78, 5) is 26.4. The van der Waals surface area contributed by atoms with E-state index in [0.29, 0.717) is 0 Å². The molecule has 8 heteroatoms. The molecule has 1 aromatic rings. The molecule has 118 valence electrons. The fourth-order valence-corrected chi connectivity index (χ4v) is 1.23. The zero-order valence-electron chi connectivity index (χ0n) is 11.5. The number of halogens is 3. The summed E-state index contributed by atoms with van der Waals surface area (Å²) in [7, 11) is 0. The molecule has 0 aliphatic heterocycles. The van der Waals surface area contributed by atoms with Gasteiger partial charge < -0.3 is 9.57 Å². The Bertz CT molecular complexity index is 594. The molecule has 0 aliphatic carbocycles. The minimum absolute atomic E-state index is 0.0385. The second kappa shape index (κ2) is 7.39. The van der Waals surface area contributed by atoms with Crippen molar-refractivity contribution < 1.29 is 32.3 Å². The third kappa shape index (κ3) is 5.39. The van der Waals surface area contributed by atoms with Gasteiger partial charge in [-0.2, -0.15) is 13.2 Å². The lowest BCUT2D eigenvalue weighted by atomic mass is 10.1. The van der Waals surface area contributed by atoms with Crippen molar-refractivity contribution in [1.29, 1.82) is 0 Å². The third-order valence-corrected chi connectivity index (χ3v) is 2.22. The van der Waals surface area contributed by atoms with Crippen molar-refractivity contribution in [3.8, 4) is 0 Å². The van der Waals surface area contributed by atoms with Crippen molar-refractivity contribution in [2.45, 2.75) is 13.1 Å². The summed E-state index contributed by atoms with van der Waals surface area (Å²) in [6.07, 6.45) is -4.81. The first-order valence-corrected chi connectivity index (χ1v) is 5.95. The molecule has 0 aromatic heterocycles. The second-order valence-electron chi connectivity index (χ2n) is 4.12. The average molecular weight is 315 g/mol. The summed E-state index contributed by atoms with van der Waals surface area (Å²) in [5.41, 5.74) is -1.59. The van der Waals surface area contributed by atoms with Crippen LogP contribution in [0.3, 0.4) is 0 Å². The molecule has 0 unspecified atom stereocenters. The predicted molar refractivity (Wildman–Crippen MR) is 70.9 cm³/mol. The molecule has 1 rings (SSSR count). The quantitative estimate of drug-likeness (QED) is 0.275. The van der Waals surface area contributed by atoms with Gasteiger partial charge in [0.2, 0.25) is 0 Å². The summed E-state index contributed by atoms with van der Waals surface area (Å²) < 4.78 is 43.0. The first-order valence-electron chi connectivity index (χ1n) is 5.95. The van der Waals surface area contributed by atoms with Crippen LogP contribution in [0.2, 0.25) is 0 Å². The maximum absolute atomic E-state index is 12.9. The van der Waals surface area contributed by atoms with Crippen LogP contribution in [-0.2, 0) is 19.2 Å². The lowest BCUT2D eigenvalue weighted by Gasteiger charge is -2.09. The van der Waals surface area contributed by atoms with E-state index in [0.717, 1.165) is 0 Å². The molecule has 1 aromatic carbocycles. The third-order valence-electron chi connectivity index (χ3n) is 2.22. The largest absolute Gasteiger partial charge is 0.450 e. The lowest BCUT2D eigenvalue weighted by molar-refractivity contribution is -0.156. The number of nitrogens with zero attached hydrogens (tertiary/aromatic N) is 1. The van der Waals surface area contributed by atoms with Crippen molar-refractivity contribution in [3.63, 3.8) is 0 Å². The van der Waals surface area contributed by atoms with E-state index in [9.17, 15) is 22.8 Å². The van der Waals surface area contributed by atoms with Crippen LogP contribution in [-0.4, -0.2) is 30.4 Å². The number of hydrogen-bond donors (Lipinski definition) is 0. The fraction of sp³-hybridized carbons (Fsp3) is 0.214. The van der Waals surface area contributed by atoms with Crippen molar-refractivity contribution >= 4 is 17.7 Å². The number of alkyl halides is 3. The van der Waals surface area contributed by atoms with E-state index in [1.54, 1.807) is 0 Å². The van der Waals surface area contributed by atoms with Crippen LogP contribution in [0.4, 0.5) is 13.2 Å². The molecule has 5 nitrogen and oxygen atoms in total. The maximum Gasteiger partial charge on any atom is 0.437 e. The summed E-state index contributed by atoms with van der Waals surface area (Å²) in [5, 5.41) is 2.82. The molecule has 22 heavy (non-hydrogen) atoms. The number of oxime groups is 1. The molecular weight excluding hydrogens is 303 g/mol. The van der Waals surface area contributed by atoms with E-state index in [4.69, 9.17) is 0 Å². The van der Waals surface area contributed by atoms with Gasteiger partial charge in [0.05, 0.1) is 0 Å². The van der Waals surface area contributed by atoms with Crippen LogP contribution in [0.5, 0.6) is 0 Å². The minimum Gasteiger partial charge on any atom is -0.450 e. The Morgan fingerprint density at radius 1 is 1.23 bits per heavy atom. The van der Waals surface area contributed by atoms with E-state index < -0.39 is 30.4 Å². The number of carbonyl (C=O) groups excluding carboxylic acids is 2. The highest BCUT2D eigenvalue weighted by molar-refractivity contribution is 6.04. The van der Waals surface area contributed by atoms with Crippen molar-refractivity contribution in [2.75, 3.05) is 6.61 Å². The monoisotopic (exact) mass is 315 g/mol. The van der Waals surface area contributed by atoms with Crippen molar-refractivity contribution in [3.05, 3.63) is 48.0 Å². The molecular formula is C14H12F3NO4. The molecule has 0 N–H and O–H groups in total. The fourth-order valence-electron chi connectivity index (χ4n) is 1.23. The van der Waals surface area contributed by atoms with Gasteiger partial charge in [0.15, 0.2) is 12.3 Å². The minimum atomic E-state index is -4.81. The molecule has 0 fully saturated rings. The smallest absolute Gasteiger partial charge is 0.437 e. The van der Waals surface area contributed by atoms with Crippen LogP contribution in [0, 0.1) is 0 Å². The Balaban J connectivity index is 2.77. The predicted octanol–water partition coefficient (Wildman–Crippen LogP) is 2.62. The molecule has 0 amide bonds. The van der Waals surface area contributed by atoms with Gasteiger partial charge in [0.25, 0.3) is 0 Å². The molecule has 0 spiro atoms. The van der Waals surface area contributed by atoms with E-state index >= 15 is 0 Å². The number of hydrogen-bond acceptors (Lipinski definition) is 5. The molecule has 0 saturated heterocycles. The average Bonchev–Trinajstić information content (AvgIpc) is 2.44. The van der Waals surface area contributed by atoms with Crippen LogP contribution < -0.4 is 0 Å². The number of ether oxygens (including phenoxy) is 1. The second-order valence-corrected chi connectivity index (χ2v) is 4.12. The van der Waals surface area contributed by atoms with Crippen LogP contribution in [0.1, 0.15) is 12.5 Å². The normalized spacial score (nSPS) is 11.7. The Morgan fingerprint density at radius 2 is 1.82 bits per heavy atom. The van der Waals surface area contributed by atoms with E-state index in [1.165, 1.54) is 37.3 Å². The Morgan fingerprint density at radius 3 is 2.32 bits per heavy atom. The zero-order valence-corrected chi connectivity index (χ0v) is 11.5. The highest BCUT2D eigenvalue weighted by Crippen LogP contribution is 2.22. The van der Waals surface area contributed by atoms with Crippen molar-refractivity contribution in [1.82, 2.24) is 0 Å². The van der Waals surface area contributed by atoms with Gasteiger partial charge in [-0.25, -0.2) is 9.59 Å². The van der Waals surface area contributed by atoms with Gasteiger partial charge in [-0.3, -0.25) is 0 Å². The molecule has 0 aliphatic rings.